The van der Waals surface area contributed by atoms with Gasteiger partial charge in [0.1, 0.15) is 5.75 Å². The van der Waals surface area contributed by atoms with Crippen molar-refractivity contribution in [3.63, 3.8) is 0 Å². The zero-order valence-corrected chi connectivity index (χ0v) is 18.5. The first-order valence-electron chi connectivity index (χ1n) is 10.7. The average Bonchev–Trinajstić information content (AvgIpc) is 3.36. The lowest BCUT2D eigenvalue weighted by Gasteiger charge is -2.16. The Hall–Kier alpha value is -3.59. The highest BCUT2D eigenvalue weighted by Gasteiger charge is 2.27. The number of fused-ring (bicyclic) bond motifs is 2. The van der Waals surface area contributed by atoms with Crippen LogP contribution in [0.15, 0.2) is 30.3 Å². The van der Waals surface area contributed by atoms with E-state index in [1.54, 1.807) is 17.0 Å². The molecule has 1 aliphatic heterocycles. The quantitative estimate of drug-likeness (QED) is 0.451. The smallest absolute Gasteiger partial charge is 0.258 e. The van der Waals surface area contributed by atoms with Crippen LogP contribution >= 0.6 is 0 Å². The molecular weight excluding hydrogens is 408 g/mol. The van der Waals surface area contributed by atoms with E-state index in [4.69, 9.17) is 0 Å². The molecule has 168 valence electrons. The van der Waals surface area contributed by atoms with E-state index in [-0.39, 0.29) is 23.1 Å². The summed E-state index contributed by atoms with van der Waals surface area (Å²) in [6.45, 7) is 4.80. The molecule has 0 atom stereocenters. The molecule has 1 aliphatic rings. The average molecular weight is 437 g/mol. The van der Waals surface area contributed by atoms with Gasteiger partial charge in [-0.2, -0.15) is 5.10 Å². The van der Waals surface area contributed by atoms with Crippen molar-refractivity contribution in [3.8, 4) is 5.75 Å². The van der Waals surface area contributed by atoms with Gasteiger partial charge in [0.25, 0.3) is 11.8 Å². The van der Waals surface area contributed by atoms with Gasteiger partial charge in [0.05, 0.1) is 11.1 Å². The molecular formula is C23H28N6O3. The van der Waals surface area contributed by atoms with Crippen molar-refractivity contribution in [1.29, 1.82) is 0 Å². The summed E-state index contributed by atoms with van der Waals surface area (Å²) in [6.07, 6.45) is 0. The van der Waals surface area contributed by atoms with Crippen molar-refractivity contribution >= 4 is 28.5 Å². The predicted molar refractivity (Wildman–Crippen MR) is 123 cm³/mol. The van der Waals surface area contributed by atoms with Crippen molar-refractivity contribution in [3.05, 3.63) is 52.6 Å². The van der Waals surface area contributed by atoms with E-state index >= 15 is 0 Å². The Kier molecular flexibility index (Phi) is 6.00. The molecule has 0 saturated heterocycles. The number of nitrogens with one attached hydrogen (secondary N) is 3. The molecule has 0 saturated carbocycles. The van der Waals surface area contributed by atoms with Gasteiger partial charge < -0.3 is 25.5 Å². The Bertz CT molecular complexity index is 1170. The summed E-state index contributed by atoms with van der Waals surface area (Å²) in [6, 6.07) is 8.72. The number of rotatable bonds is 7. The van der Waals surface area contributed by atoms with Gasteiger partial charge in [0.15, 0.2) is 5.82 Å². The molecule has 0 unspecified atom stereocenters. The number of likely N-dealkylation sites (N-methyl/N-ethyl adjacent to an activating group) is 1. The lowest BCUT2D eigenvalue weighted by molar-refractivity contribution is 0.0748. The van der Waals surface area contributed by atoms with Crippen LogP contribution < -0.4 is 10.6 Å². The van der Waals surface area contributed by atoms with Crippen LogP contribution in [0.4, 0.5) is 5.82 Å². The number of phenolic OH excluding ortho intramolecular Hbond substituents is 1. The monoisotopic (exact) mass is 436 g/mol. The molecule has 0 bridgehead atoms. The van der Waals surface area contributed by atoms with Gasteiger partial charge in [-0.05, 0) is 50.3 Å². The van der Waals surface area contributed by atoms with Crippen LogP contribution in [0.25, 0.3) is 10.9 Å². The third-order valence-electron chi connectivity index (χ3n) is 5.58. The molecule has 4 N–H and O–H groups in total. The number of H-pyrrole nitrogens is 1. The van der Waals surface area contributed by atoms with Gasteiger partial charge in [-0.3, -0.25) is 14.7 Å². The SMILES string of the molecule is CCNc1n[nH]c2cc(O)c(C(=O)N3Cc4ccc(C(=O)NCCN(C)C)cc4C3)cc12. The Labute approximate surface area is 186 Å². The maximum absolute atomic E-state index is 13.2. The van der Waals surface area contributed by atoms with Gasteiger partial charge in [-0.1, -0.05) is 6.07 Å². The van der Waals surface area contributed by atoms with Gasteiger partial charge >= 0.3 is 0 Å². The second-order valence-electron chi connectivity index (χ2n) is 8.22. The minimum atomic E-state index is -0.263. The highest BCUT2D eigenvalue weighted by Crippen LogP contribution is 2.32. The molecule has 4 rings (SSSR count). The fourth-order valence-corrected chi connectivity index (χ4v) is 3.87. The molecule has 0 fully saturated rings. The highest BCUT2D eigenvalue weighted by atomic mass is 16.3. The first kappa shape index (κ1) is 21.6. The largest absolute Gasteiger partial charge is 0.507 e. The zero-order valence-electron chi connectivity index (χ0n) is 18.5. The molecule has 2 aromatic carbocycles. The van der Waals surface area contributed by atoms with Crippen molar-refractivity contribution in [2.75, 3.05) is 39.0 Å². The fraction of sp³-hybridized carbons (Fsp3) is 0.348. The Balaban J connectivity index is 1.51. The summed E-state index contributed by atoms with van der Waals surface area (Å²) in [5.41, 5.74) is 3.41. The highest BCUT2D eigenvalue weighted by molar-refractivity contribution is 6.03. The van der Waals surface area contributed by atoms with Gasteiger partial charge in [-0.15, -0.1) is 0 Å². The summed E-state index contributed by atoms with van der Waals surface area (Å²) < 4.78 is 0. The van der Waals surface area contributed by atoms with Crippen molar-refractivity contribution in [2.45, 2.75) is 20.0 Å². The molecule has 1 aromatic heterocycles. The van der Waals surface area contributed by atoms with Crippen LogP contribution in [0.5, 0.6) is 5.75 Å². The normalized spacial score (nSPS) is 12.9. The van der Waals surface area contributed by atoms with Crippen LogP contribution in [0.3, 0.4) is 0 Å². The number of aromatic amines is 1. The molecule has 2 amide bonds. The topological polar surface area (TPSA) is 114 Å². The lowest BCUT2D eigenvalue weighted by Crippen LogP contribution is -2.31. The molecule has 9 heteroatoms. The molecule has 0 aliphatic carbocycles. The summed E-state index contributed by atoms with van der Waals surface area (Å²) >= 11 is 0. The number of amides is 2. The van der Waals surface area contributed by atoms with E-state index < -0.39 is 0 Å². The van der Waals surface area contributed by atoms with E-state index in [1.807, 2.05) is 38.1 Å². The van der Waals surface area contributed by atoms with E-state index in [0.717, 1.165) is 23.1 Å². The molecule has 0 radical (unpaired) electrons. The van der Waals surface area contributed by atoms with Crippen LogP contribution in [0.1, 0.15) is 38.8 Å². The van der Waals surface area contributed by atoms with E-state index in [9.17, 15) is 14.7 Å². The molecule has 0 spiro atoms. The Morgan fingerprint density at radius 3 is 2.72 bits per heavy atom. The first-order valence-corrected chi connectivity index (χ1v) is 10.7. The number of aromatic hydroxyl groups is 1. The Morgan fingerprint density at radius 1 is 1.19 bits per heavy atom. The second-order valence-corrected chi connectivity index (χ2v) is 8.22. The van der Waals surface area contributed by atoms with E-state index in [2.05, 4.69) is 20.8 Å². The maximum atomic E-state index is 13.2. The van der Waals surface area contributed by atoms with E-state index in [1.165, 1.54) is 6.07 Å². The van der Waals surface area contributed by atoms with Crippen molar-refractivity contribution < 1.29 is 14.7 Å². The summed E-state index contributed by atoms with van der Waals surface area (Å²) in [5, 5.41) is 24.3. The number of carbonyl (C=O) groups is 2. The number of phenols is 1. The zero-order chi connectivity index (χ0) is 22.8. The number of anilines is 1. The first-order chi connectivity index (χ1) is 15.4. The van der Waals surface area contributed by atoms with E-state index in [0.29, 0.717) is 43.1 Å². The van der Waals surface area contributed by atoms with Crippen LogP contribution in [0.2, 0.25) is 0 Å². The lowest BCUT2D eigenvalue weighted by atomic mass is 10.1. The Morgan fingerprint density at radius 2 is 1.97 bits per heavy atom. The number of hydrogen-bond acceptors (Lipinski definition) is 6. The standard InChI is InChI=1S/C23H28N6O3/c1-4-24-21-17-10-18(20(30)11-19(17)26-27-21)23(32)29-12-15-6-5-14(9-16(15)13-29)22(31)25-7-8-28(2)3/h5-6,9-11,30H,4,7-8,12-13H2,1-3H3,(H,25,31)(H2,24,26,27). The second kappa shape index (κ2) is 8.88. The van der Waals surface area contributed by atoms with Crippen LogP contribution in [-0.4, -0.2) is 70.6 Å². The fourth-order valence-electron chi connectivity index (χ4n) is 3.87. The van der Waals surface area contributed by atoms with Gasteiger partial charge in [0, 0.05) is 49.7 Å². The third-order valence-corrected chi connectivity index (χ3v) is 5.58. The number of benzene rings is 2. The summed E-state index contributed by atoms with van der Waals surface area (Å²) in [4.78, 5) is 29.3. The summed E-state index contributed by atoms with van der Waals surface area (Å²) in [7, 11) is 3.91. The van der Waals surface area contributed by atoms with Gasteiger partial charge in [0.2, 0.25) is 0 Å². The number of aromatic nitrogens is 2. The molecule has 32 heavy (non-hydrogen) atoms. The number of hydrogen-bond donors (Lipinski definition) is 4. The summed E-state index contributed by atoms with van der Waals surface area (Å²) in [5.74, 6) is 0.164. The molecule has 2 heterocycles. The predicted octanol–water partition coefficient (Wildman–Crippen LogP) is 2.15. The number of nitrogens with zero attached hydrogens (tertiary/aromatic N) is 3. The minimum Gasteiger partial charge on any atom is -0.507 e. The van der Waals surface area contributed by atoms with Crippen LogP contribution in [-0.2, 0) is 13.1 Å². The number of carbonyl (C=O) groups excluding carboxylic acids is 2. The van der Waals surface area contributed by atoms with Crippen LogP contribution in [0, 0.1) is 0 Å². The van der Waals surface area contributed by atoms with Crippen molar-refractivity contribution in [1.82, 2.24) is 25.3 Å². The maximum Gasteiger partial charge on any atom is 0.258 e. The van der Waals surface area contributed by atoms with Gasteiger partial charge in [-0.25, -0.2) is 0 Å². The molecule has 9 nitrogen and oxygen atoms in total. The third kappa shape index (κ3) is 4.24. The minimum absolute atomic E-state index is 0.0916. The molecule has 3 aromatic rings. The van der Waals surface area contributed by atoms with Crippen molar-refractivity contribution in [2.24, 2.45) is 0 Å².